The lowest BCUT2D eigenvalue weighted by atomic mass is 10.1. The van der Waals surface area contributed by atoms with Crippen molar-refractivity contribution in [3.63, 3.8) is 0 Å². The third-order valence-electron chi connectivity index (χ3n) is 1.51. The molecule has 0 saturated heterocycles. The van der Waals surface area contributed by atoms with Crippen molar-refractivity contribution in [2.45, 2.75) is 39.2 Å². The van der Waals surface area contributed by atoms with Gasteiger partial charge in [0.05, 0.1) is 0 Å². The van der Waals surface area contributed by atoms with Gasteiger partial charge in [0.1, 0.15) is 0 Å². The Labute approximate surface area is 63.0 Å². The average molecular weight is 142 g/mol. The van der Waals surface area contributed by atoms with Crippen LogP contribution in [0.3, 0.4) is 0 Å². The Kier molecular flexibility index (Phi) is 6.50. The van der Waals surface area contributed by atoms with Gasteiger partial charge in [0.2, 0.25) is 0 Å². The molecule has 0 amide bonds. The SMILES string of the molecule is CCCNC(CC)C[C]=O. The summed E-state index contributed by atoms with van der Waals surface area (Å²) in [6.07, 6.45) is 4.57. The van der Waals surface area contributed by atoms with E-state index in [2.05, 4.69) is 19.2 Å². The summed E-state index contributed by atoms with van der Waals surface area (Å²) in [5.74, 6) is 0. The molecule has 1 unspecified atom stereocenters. The highest BCUT2D eigenvalue weighted by Gasteiger charge is 2.02. The van der Waals surface area contributed by atoms with Gasteiger partial charge in [-0.05, 0) is 19.4 Å². The van der Waals surface area contributed by atoms with E-state index in [1.54, 1.807) is 0 Å². The molecule has 10 heavy (non-hydrogen) atoms. The maximum absolute atomic E-state index is 9.97. The first kappa shape index (κ1) is 9.63. The van der Waals surface area contributed by atoms with Crippen LogP contribution in [0.25, 0.3) is 0 Å². The second-order valence-corrected chi connectivity index (χ2v) is 2.41. The fraction of sp³-hybridized carbons (Fsp3) is 0.875. The summed E-state index contributed by atoms with van der Waals surface area (Å²) in [5, 5.41) is 3.26. The van der Waals surface area contributed by atoms with Crippen LogP contribution in [0.15, 0.2) is 0 Å². The van der Waals surface area contributed by atoms with Crippen molar-refractivity contribution >= 4 is 6.29 Å². The Morgan fingerprint density at radius 3 is 2.60 bits per heavy atom. The molecular weight excluding hydrogens is 126 g/mol. The first-order valence-corrected chi connectivity index (χ1v) is 3.93. The van der Waals surface area contributed by atoms with Gasteiger partial charge in [0.25, 0.3) is 0 Å². The zero-order valence-electron chi connectivity index (χ0n) is 6.81. The number of hydrogen-bond acceptors (Lipinski definition) is 2. The second-order valence-electron chi connectivity index (χ2n) is 2.41. The van der Waals surface area contributed by atoms with Gasteiger partial charge in [-0.15, -0.1) is 0 Å². The molecule has 0 bridgehead atoms. The summed E-state index contributed by atoms with van der Waals surface area (Å²) >= 11 is 0. The Balaban J connectivity index is 3.29. The molecule has 59 valence electrons. The lowest BCUT2D eigenvalue weighted by molar-refractivity contribution is 0.486. The van der Waals surface area contributed by atoms with Gasteiger partial charge in [-0.25, -0.2) is 0 Å². The Morgan fingerprint density at radius 2 is 2.20 bits per heavy atom. The molecule has 0 heterocycles. The zero-order chi connectivity index (χ0) is 7.82. The number of rotatable bonds is 6. The summed E-state index contributed by atoms with van der Waals surface area (Å²) < 4.78 is 0. The van der Waals surface area contributed by atoms with Crippen LogP contribution in [-0.4, -0.2) is 18.9 Å². The molecule has 1 N–H and O–H groups in total. The maximum Gasteiger partial charge on any atom is 0.199 e. The highest BCUT2D eigenvalue weighted by Crippen LogP contribution is 1.93. The summed E-state index contributed by atoms with van der Waals surface area (Å²) in [4.78, 5) is 9.97. The van der Waals surface area contributed by atoms with Gasteiger partial charge < -0.3 is 5.32 Å². The molecule has 0 aromatic rings. The molecule has 1 atom stereocenters. The van der Waals surface area contributed by atoms with Crippen molar-refractivity contribution in [2.75, 3.05) is 6.54 Å². The largest absolute Gasteiger partial charge is 0.314 e. The summed E-state index contributed by atoms with van der Waals surface area (Å²) in [7, 11) is 0. The van der Waals surface area contributed by atoms with Gasteiger partial charge in [0, 0.05) is 12.5 Å². The molecule has 1 radical (unpaired) electrons. The first-order valence-electron chi connectivity index (χ1n) is 3.93. The van der Waals surface area contributed by atoms with Crippen LogP contribution in [0.4, 0.5) is 0 Å². The molecular formula is C8H16NO. The van der Waals surface area contributed by atoms with E-state index in [4.69, 9.17) is 0 Å². The summed E-state index contributed by atoms with van der Waals surface area (Å²) in [5.41, 5.74) is 0. The van der Waals surface area contributed by atoms with Gasteiger partial charge in [-0.3, -0.25) is 4.79 Å². The lowest BCUT2D eigenvalue weighted by Crippen LogP contribution is -2.29. The van der Waals surface area contributed by atoms with Crippen molar-refractivity contribution < 1.29 is 4.79 Å². The van der Waals surface area contributed by atoms with Gasteiger partial charge in [-0.1, -0.05) is 13.8 Å². The first-order chi connectivity index (χ1) is 4.85. The summed E-state index contributed by atoms with van der Waals surface area (Å²) in [6, 6.07) is 0.345. The molecule has 0 aliphatic heterocycles. The standard InChI is InChI=1S/C8H16NO/c1-3-6-9-8(4-2)5-7-10/h8-9H,3-6H2,1-2H3. The predicted molar refractivity (Wildman–Crippen MR) is 42.7 cm³/mol. The molecule has 0 aromatic carbocycles. The van der Waals surface area contributed by atoms with Crippen molar-refractivity contribution in [3.8, 4) is 0 Å². The Bertz CT molecular complexity index is 83.3. The van der Waals surface area contributed by atoms with E-state index in [0.717, 1.165) is 19.4 Å². The highest BCUT2D eigenvalue weighted by atomic mass is 16.1. The average Bonchev–Trinajstić information content (AvgIpc) is 1.98. The number of hydrogen-bond donors (Lipinski definition) is 1. The topological polar surface area (TPSA) is 29.1 Å². The monoisotopic (exact) mass is 142 g/mol. The third-order valence-corrected chi connectivity index (χ3v) is 1.51. The minimum atomic E-state index is 0.345. The molecule has 0 fully saturated rings. The molecule has 0 aliphatic carbocycles. The second kappa shape index (κ2) is 6.75. The number of nitrogens with one attached hydrogen (secondary N) is 1. The quantitative estimate of drug-likeness (QED) is 0.605. The summed E-state index contributed by atoms with van der Waals surface area (Å²) in [6.45, 7) is 5.19. The van der Waals surface area contributed by atoms with E-state index in [9.17, 15) is 4.79 Å². The molecule has 2 nitrogen and oxygen atoms in total. The van der Waals surface area contributed by atoms with Crippen LogP contribution in [-0.2, 0) is 4.79 Å². The Hall–Kier alpha value is -0.370. The van der Waals surface area contributed by atoms with Crippen LogP contribution in [0.1, 0.15) is 33.1 Å². The molecule has 0 aromatic heterocycles. The van der Waals surface area contributed by atoms with Crippen LogP contribution in [0, 0.1) is 0 Å². The van der Waals surface area contributed by atoms with Gasteiger partial charge >= 0.3 is 0 Å². The smallest absolute Gasteiger partial charge is 0.199 e. The van der Waals surface area contributed by atoms with Crippen molar-refractivity contribution in [3.05, 3.63) is 0 Å². The van der Waals surface area contributed by atoms with Gasteiger partial charge in [-0.2, -0.15) is 0 Å². The fourth-order valence-electron chi connectivity index (χ4n) is 0.810. The van der Waals surface area contributed by atoms with E-state index in [1.807, 2.05) is 6.29 Å². The lowest BCUT2D eigenvalue weighted by Gasteiger charge is -2.11. The van der Waals surface area contributed by atoms with E-state index >= 15 is 0 Å². The van der Waals surface area contributed by atoms with Crippen LogP contribution in [0.5, 0.6) is 0 Å². The van der Waals surface area contributed by atoms with Crippen molar-refractivity contribution in [1.29, 1.82) is 0 Å². The van der Waals surface area contributed by atoms with E-state index in [-0.39, 0.29) is 0 Å². The molecule has 0 rings (SSSR count). The third kappa shape index (κ3) is 4.50. The van der Waals surface area contributed by atoms with E-state index in [0.29, 0.717) is 12.5 Å². The highest BCUT2D eigenvalue weighted by molar-refractivity contribution is 5.51. The van der Waals surface area contributed by atoms with Crippen molar-refractivity contribution in [1.82, 2.24) is 5.32 Å². The van der Waals surface area contributed by atoms with Gasteiger partial charge in [0.15, 0.2) is 6.29 Å². The van der Waals surface area contributed by atoms with Crippen LogP contribution < -0.4 is 5.32 Å². The molecule has 0 aliphatic rings. The van der Waals surface area contributed by atoms with Crippen molar-refractivity contribution in [2.24, 2.45) is 0 Å². The number of carbonyl (C=O) groups excluding carboxylic acids is 1. The predicted octanol–water partition coefficient (Wildman–Crippen LogP) is 1.26. The van der Waals surface area contributed by atoms with E-state index < -0.39 is 0 Å². The molecule has 2 heteroatoms. The fourth-order valence-corrected chi connectivity index (χ4v) is 0.810. The maximum atomic E-state index is 9.97. The normalized spacial score (nSPS) is 13.0. The molecule has 0 saturated carbocycles. The Morgan fingerprint density at radius 1 is 1.50 bits per heavy atom. The van der Waals surface area contributed by atoms with Crippen LogP contribution >= 0.6 is 0 Å². The minimum Gasteiger partial charge on any atom is -0.314 e. The van der Waals surface area contributed by atoms with Crippen LogP contribution in [0.2, 0.25) is 0 Å². The van der Waals surface area contributed by atoms with E-state index in [1.165, 1.54) is 0 Å². The minimum absolute atomic E-state index is 0.345. The molecule has 0 spiro atoms. The zero-order valence-corrected chi connectivity index (χ0v) is 6.81.